The number of aldehydes is 1. The van der Waals surface area contributed by atoms with E-state index in [1.807, 2.05) is 36.4 Å². The van der Waals surface area contributed by atoms with Crippen LogP contribution in [0.5, 0.6) is 5.75 Å². The maximum absolute atomic E-state index is 12.3. The molecule has 0 bridgehead atoms. The molecule has 35 heavy (non-hydrogen) atoms. The maximum atomic E-state index is 12.3. The minimum absolute atomic E-state index is 0.0711. The van der Waals surface area contributed by atoms with Crippen LogP contribution in [-0.4, -0.2) is 48.0 Å². The fourth-order valence-corrected chi connectivity index (χ4v) is 6.16. The third-order valence-corrected chi connectivity index (χ3v) is 8.03. The van der Waals surface area contributed by atoms with Gasteiger partial charge < -0.3 is 15.3 Å². The van der Waals surface area contributed by atoms with Crippen LogP contribution in [0.15, 0.2) is 36.4 Å². The van der Waals surface area contributed by atoms with E-state index in [9.17, 15) is 9.90 Å². The topological polar surface area (TPSA) is 65.5 Å². The molecule has 0 aliphatic heterocycles. The third kappa shape index (κ3) is 5.00. The Balaban J connectivity index is 1.50. The largest absolute Gasteiger partial charge is 0.505 e. The lowest BCUT2D eigenvalue weighted by atomic mass is 9.73. The van der Waals surface area contributed by atoms with Crippen LogP contribution < -0.4 is 5.32 Å². The van der Waals surface area contributed by atoms with E-state index in [4.69, 9.17) is 28.2 Å². The molecule has 0 unspecified atom stereocenters. The number of carbonyl (C=O) groups is 1. The van der Waals surface area contributed by atoms with Gasteiger partial charge in [-0.2, -0.15) is 0 Å². The number of phenols is 1. The number of benzene rings is 2. The van der Waals surface area contributed by atoms with Crippen molar-refractivity contribution in [1.82, 2.24) is 9.88 Å². The van der Waals surface area contributed by atoms with Crippen molar-refractivity contribution in [2.24, 2.45) is 5.92 Å². The van der Waals surface area contributed by atoms with E-state index in [1.54, 1.807) is 0 Å². The van der Waals surface area contributed by atoms with Gasteiger partial charge >= 0.3 is 0 Å². The standard InChI is InChI=1S/C28H31Cl2N3O2/c1-33(2)14-17-9-10-19(13-21(17)18-11-23(29)28(35)24(30)12-18)31-27-20-5-3-4-6-25(20)32-26(16-7-8-16)22(27)15-34/h3-6,11-12,15-17,19,21,35H,7-10,13-14H2,1-2H3,(H,31,32)/t17-,19+,21+/m1/s1. The molecule has 184 valence electrons. The Kier molecular flexibility index (Phi) is 6.93. The fourth-order valence-electron chi connectivity index (χ4n) is 5.65. The summed E-state index contributed by atoms with van der Waals surface area (Å²) in [7, 11) is 4.19. The van der Waals surface area contributed by atoms with Gasteiger partial charge in [-0.25, -0.2) is 0 Å². The SMILES string of the molecule is CN(C)C[C@H]1CC[C@H](Nc2c(C=O)c(C3CC3)nc3ccccc23)C[C@@H]1c1cc(Cl)c(O)c(Cl)c1. The summed E-state index contributed by atoms with van der Waals surface area (Å²) < 4.78 is 0. The lowest BCUT2D eigenvalue weighted by Gasteiger charge is -2.39. The van der Waals surface area contributed by atoms with E-state index in [0.717, 1.165) is 72.8 Å². The highest BCUT2D eigenvalue weighted by Gasteiger charge is 2.34. The maximum Gasteiger partial charge on any atom is 0.154 e. The average Bonchev–Trinajstić information content (AvgIpc) is 3.68. The second-order valence-electron chi connectivity index (χ2n) is 10.3. The summed E-state index contributed by atoms with van der Waals surface area (Å²) in [6, 6.07) is 11.9. The summed E-state index contributed by atoms with van der Waals surface area (Å²) in [6.45, 7) is 0.955. The number of carbonyl (C=O) groups excluding carboxylic acids is 1. The summed E-state index contributed by atoms with van der Waals surface area (Å²) >= 11 is 12.6. The number of nitrogens with one attached hydrogen (secondary N) is 1. The molecule has 5 nitrogen and oxygen atoms in total. The van der Waals surface area contributed by atoms with E-state index in [2.05, 4.69) is 24.3 Å². The molecule has 3 aromatic rings. The molecule has 0 saturated heterocycles. The number of halogens is 2. The number of hydrogen-bond donors (Lipinski definition) is 2. The highest BCUT2D eigenvalue weighted by atomic mass is 35.5. The summed E-state index contributed by atoms with van der Waals surface area (Å²) in [6.07, 6.45) is 6.07. The minimum atomic E-state index is -0.0711. The van der Waals surface area contributed by atoms with Gasteiger partial charge in [-0.1, -0.05) is 41.4 Å². The van der Waals surface area contributed by atoms with Crippen LogP contribution in [0.3, 0.4) is 0 Å². The molecule has 2 aliphatic rings. The number of hydrogen-bond acceptors (Lipinski definition) is 5. The van der Waals surface area contributed by atoms with Gasteiger partial charge in [-0.15, -0.1) is 0 Å². The number of para-hydroxylation sites is 1. The van der Waals surface area contributed by atoms with Crippen molar-refractivity contribution in [3.05, 3.63) is 63.3 Å². The first-order chi connectivity index (χ1) is 16.9. The van der Waals surface area contributed by atoms with Gasteiger partial charge in [0.05, 0.1) is 32.5 Å². The number of pyridine rings is 1. The summed E-state index contributed by atoms with van der Waals surface area (Å²) in [4.78, 5) is 19.4. The van der Waals surface area contributed by atoms with Crippen LogP contribution >= 0.6 is 23.2 Å². The molecule has 2 N–H and O–H groups in total. The third-order valence-electron chi connectivity index (χ3n) is 7.45. The van der Waals surface area contributed by atoms with Gasteiger partial charge in [0.1, 0.15) is 0 Å². The number of aromatic hydroxyl groups is 1. The van der Waals surface area contributed by atoms with Crippen molar-refractivity contribution >= 4 is 46.1 Å². The lowest BCUT2D eigenvalue weighted by molar-refractivity contribution is 0.112. The van der Waals surface area contributed by atoms with E-state index < -0.39 is 0 Å². The number of phenolic OH excluding ortho intramolecular Hbond substituents is 1. The smallest absolute Gasteiger partial charge is 0.154 e. The molecule has 3 atom stereocenters. The first-order valence-corrected chi connectivity index (χ1v) is 13.1. The van der Waals surface area contributed by atoms with Gasteiger partial charge in [0, 0.05) is 23.9 Å². The van der Waals surface area contributed by atoms with Crippen molar-refractivity contribution < 1.29 is 9.90 Å². The average molecular weight is 512 g/mol. The molecule has 0 spiro atoms. The molecule has 0 radical (unpaired) electrons. The molecule has 2 saturated carbocycles. The first kappa shape index (κ1) is 24.4. The predicted molar refractivity (Wildman–Crippen MR) is 143 cm³/mol. The Bertz CT molecular complexity index is 1240. The van der Waals surface area contributed by atoms with E-state index >= 15 is 0 Å². The molecule has 2 aliphatic carbocycles. The molecule has 2 aromatic carbocycles. The summed E-state index contributed by atoms with van der Waals surface area (Å²) in [5.41, 5.74) is 4.51. The van der Waals surface area contributed by atoms with Gasteiger partial charge in [-0.05, 0) is 81.8 Å². The van der Waals surface area contributed by atoms with Gasteiger partial charge in [0.15, 0.2) is 12.0 Å². The Morgan fingerprint density at radius 1 is 1.11 bits per heavy atom. The molecule has 0 amide bonds. The predicted octanol–water partition coefficient (Wildman–Crippen LogP) is 6.86. The summed E-state index contributed by atoms with van der Waals surface area (Å²) in [5.74, 6) is 0.958. The molecule has 1 heterocycles. The second-order valence-corrected chi connectivity index (χ2v) is 11.1. The van der Waals surface area contributed by atoms with Crippen LogP contribution in [0.4, 0.5) is 5.69 Å². The van der Waals surface area contributed by atoms with Crippen LogP contribution in [0.2, 0.25) is 10.0 Å². The molecule has 2 fully saturated rings. The van der Waals surface area contributed by atoms with Crippen LogP contribution in [0.25, 0.3) is 10.9 Å². The number of nitrogens with zero attached hydrogens (tertiary/aromatic N) is 2. The molecule has 1 aromatic heterocycles. The number of rotatable bonds is 7. The van der Waals surface area contributed by atoms with Crippen molar-refractivity contribution in [3.8, 4) is 5.75 Å². The monoisotopic (exact) mass is 511 g/mol. The van der Waals surface area contributed by atoms with Crippen LogP contribution in [0.1, 0.15) is 65.6 Å². The normalized spacial score (nSPS) is 22.5. The van der Waals surface area contributed by atoms with E-state index in [1.165, 1.54) is 0 Å². The Morgan fingerprint density at radius 3 is 2.49 bits per heavy atom. The first-order valence-electron chi connectivity index (χ1n) is 12.3. The highest BCUT2D eigenvalue weighted by Crippen LogP contribution is 2.46. The van der Waals surface area contributed by atoms with Crippen molar-refractivity contribution in [1.29, 1.82) is 0 Å². The Labute approximate surface area is 216 Å². The Morgan fingerprint density at radius 2 is 1.83 bits per heavy atom. The zero-order chi connectivity index (χ0) is 24.7. The van der Waals surface area contributed by atoms with Gasteiger partial charge in [0.2, 0.25) is 0 Å². The molecule has 7 heteroatoms. The minimum Gasteiger partial charge on any atom is -0.505 e. The molecular weight excluding hydrogens is 481 g/mol. The molecule has 5 rings (SSSR count). The van der Waals surface area contributed by atoms with Crippen LogP contribution in [-0.2, 0) is 0 Å². The van der Waals surface area contributed by atoms with E-state index in [-0.39, 0.29) is 27.8 Å². The zero-order valence-corrected chi connectivity index (χ0v) is 21.6. The van der Waals surface area contributed by atoms with Crippen LogP contribution in [0, 0.1) is 5.92 Å². The summed E-state index contributed by atoms with van der Waals surface area (Å²) in [5, 5.41) is 15.4. The second kappa shape index (κ2) is 9.96. The quantitative estimate of drug-likeness (QED) is 0.339. The van der Waals surface area contributed by atoms with Gasteiger partial charge in [0.25, 0.3) is 0 Å². The lowest BCUT2D eigenvalue weighted by Crippen LogP contribution is -2.36. The Hall–Kier alpha value is -2.34. The number of fused-ring (bicyclic) bond motifs is 1. The van der Waals surface area contributed by atoms with Crippen molar-refractivity contribution in [2.45, 2.75) is 50.0 Å². The van der Waals surface area contributed by atoms with Crippen molar-refractivity contribution in [3.63, 3.8) is 0 Å². The fraction of sp³-hybridized carbons (Fsp3) is 0.429. The highest BCUT2D eigenvalue weighted by molar-refractivity contribution is 6.37. The number of anilines is 1. The van der Waals surface area contributed by atoms with E-state index in [0.29, 0.717) is 17.4 Å². The van der Waals surface area contributed by atoms with Gasteiger partial charge in [-0.3, -0.25) is 9.78 Å². The number of aromatic nitrogens is 1. The van der Waals surface area contributed by atoms with Crippen molar-refractivity contribution in [2.75, 3.05) is 26.0 Å². The molecular formula is C28H31Cl2N3O2. The zero-order valence-electron chi connectivity index (χ0n) is 20.1.